The molecule has 0 aliphatic rings. The molecule has 174 valence electrons. The lowest BCUT2D eigenvalue weighted by Gasteiger charge is -2.19. The third-order valence-corrected chi connectivity index (χ3v) is 8.26. The van der Waals surface area contributed by atoms with E-state index in [1.807, 2.05) is 32.9 Å². The van der Waals surface area contributed by atoms with Crippen LogP contribution in [-0.4, -0.2) is 37.4 Å². The number of anilines is 1. The molecule has 2 heterocycles. The van der Waals surface area contributed by atoms with Gasteiger partial charge in [-0.2, -0.15) is 4.72 Å². The fraction of sp³-hybridized carbons (Fsp3) is 0.318. The van der Waals surface area contributed by atoms with Gasteiger partial charge in [-0.05, 0) is 55.7 Å². The van der Waals surface area contributed by atoms with Crippen LogP contribution in [0.25, 0.3) is 20.4 Å². The molecule has 0 saturated heterocycles. The lowest BCUT2D eigenvalue weighted by atomic mass is 10.0. The Morgan fingerprint density at radius 3 is 2.48 bits per heavy atom. The molecule has 0 aliphatic heterocycles. The standard InChI is InChI=1S/C22H24N4O4S3/c1-12(2)9-18(21(27)25-22-24-17-7-5-14(30-4)10-19(17)32-22)26-33(28,29)15-6-8-16-20(11-15)31-13(3)23-16/h5-8,10-12,18,26H,9H2,1-4H3,(H,24,25,27). The van der Waals surface area contributed by atoms with Crippen LogP contribution in [0.5, 0.6) is 5.75 Å². The number of hydrogen-bond acceptors (Lipinski definition) is 8. The summed E-state index contributed by atoms with van der Waals surface area (Å²) in [5, 5.41) is 4.03. The monoisotopic (exact) mass is 504 g/mol. The predicted molar refractivity (Wildman–Crippen MR) is 133 cm³/mol. The molecule has 4 rings (SSSR count). The van der Waals surface area contributed by atoms with Crippen LogP contribution in [0, 0.1) is 12.8 Å². The number of aromatic nitrogens is 2. The van der Waals surface area contributed by atoms with E-state index in [2.05, 4.69) is 20.0 Å². The number of fused-ring (bicyclic) bond motifs is 2. The van der Waals surface area contributed by atoms with Crippen molar-refractivity contribution in [2.45, 2.75) is 38.1 Å². The van der Waals surface area contributed by atoms with Crippen molar-refractivity contribution < 1.29 is 17.9 Å². The van der Waals surface area contributed by atoms with Crippen molar-refractivity contribution in [3.63, 3.8) is 0 Å². The molecule has 0 bridgehead atoms. The fourth-order valence-corrected chi connectivity index (χ4v) is 6.47. The van der Waals surface area contributed by atoms with E-state index in [1.54, 1.807) is 25.3 Å². The van der Waals surface area contributed by atoms with Crippen LogP contribution in [0.2, 0.25) is 0 Å². The Morgan fingerprint density at radius 1 is 1.06 bits per heavy atom. The first-order valence-corrected chi connectivity index (χ1v) is 13.4. The Morgan fingerprint density at radius 2 is 1.76 bits per heavy atom. The molecule has 1 amide bonds. The van der Waals surface area contributed by atoms with Crippen molar-refractivity contribution in [2.75, 3.05) is 12.4 Å². The molecule has 2 aromatic carbocycles. The maximum Gasteiger partial charge on any atom is 0.244 e. The largest absolute Gasteiger partial charge is 0.497 e. The molecule has 33 heavy (non-hydrogen) atoms. The van der Waals surface area contributed by atoms with Crippen molar-refractivity contribution in [1.82, 2.24) is 14.7 Å². The molecule has 2 aromatic heterocycles. The number of aryl methyl sites for hydroxylation is 1. The molecule has 0 aliphatic carbocycles. The smallest absolute Gasteiger partial charge is 0.244 e. The molecule has 0 saturated carbocycles. The van der Waals surface area contributed by atoms with E-state index in [9.17, 15) is 13.2 Å². The van der Waals surface area contributed by atoms with Crippen LogP contribution in [0.1, 0.15) is 25.3 Å². The van der Waals surface area contributed by atoms with E-state index >= 15 is 0 Å². The Balaban J connectivity index is 1.56. The van der Waals surface area contributed by atoms with Crippen molar-refractivity contribution >= 4 is 64.2 Å². The molecule has 11 heteroatoms. The van der Waals surface area contributed by atoms with E-state index in [4.69, 9.17) is 4.74 Å². The lowest BCUT2D eigenvalue weighted by Crippen LogP contribution is -2.44. The Hall–Kier alpha value is -2.60. The average molecular weight is 505 g/mol. The van der Waals surface area contributed by atoms with Gasteiger partial charge in [0.25, 0.3) is 0 Å². The Kier molecular flexibility index (Phi) is 6.66. The zero-order valence-corrected chi connectivity index (χ0v) is 21.0. The number of thiazole rings is 2. The number of sulfonamides is 1. The van der Waals surface area contributed by atoms with Crippen LogP contribution in [0.4, 0.5) is 5.13 Å². The second-order valence-corrected chi connectivity index (χ2v) is 12.0. The molecule has 1 atom stereocenters. The maximum absolute atomic E-state index is 13.1. The lowest BCUT2D eigenvalue weighted by molar-refractivity contribution is -0.118. The van der Waals surface area contributed by atoms with Crippen molar-refractivity contribution in [2.24, 2.45) is 5.92 Å². The summed E-state index contributed by atoms with van der Waals surface area (Å²) in [4.78, 5) is 22.0. The minimum absolute atomic E-state index is 0.0923. The maximum atomic E-state index is 13.1. The first kappa shape index (κ1) is 23.6. The quantitative estimate of drug-likeness (QED) is 0.364. The van der Waals surface area contributed by atoms with E-state index < -0.39 is 22.0 Å². The average Bonchev–Trinajstić information content (AvgIpc) is 3.32. The molecular formula is C22H24N4O4S3. The number of ether oxygens (including phenoxy) is 1. The third kappa shape index (κ3) is 5.32. The van der Waals surface area contributed by atoms with Gasteiger partial charge in [-0.25, -0.2) is 18.4 Å². The van der Waals surface area contributed by atoms with Crippen LogP contribution in [0.15, 0.2) is 41.3 Å². The second-order valence-electron chi connectivity index (χ2n) is 8.01. The van der Waals surface area contributed by atoms with E-state index in [0.717, 1.165) is 25.4 Å². The molecule has 0 fully saturated rings. The van der Waals surface area contributed by atoms with Gasteiger partial charge in [0.05, 0.1) is 37.4 Å². The minimum Gasteiger partial charge on any atom is -0.497 e. The van der Waals surface area contributed by atoms with Crippen LogP contribution in [-0.2, 0) is 14.8 Å². The Labute approximate surface area is 200 Å². The van der Waals surface area contributed by atoms with Gasteiger partial charge >= 0.3 is 0 Å². The number of amides is 1. The zero-order chi connectivity index (χ0) is 23.8. The van der Waals surface area contributed by atoms with Crippen molar-refractivity contribution in [3.8, 4) is 5.75 Å². The van der Waals surface area contributed by atoms with E-state index in [1.165, 1.54) is 28.7 Å². The third-order valence-electron chi connectivity index (χ3n) is 4.92. The van der Waals surface area contributed by atoms with Crippen LogP contribution < -0.4 is 14.8 Å². The normalized spacial score (nSPS) is 13.0. The number of benzene rings is 2. The summed E-state index contributed by atoms with van der Waals surface area (Å²) in [5.74, 6) is 0.338. The van der Waals surface area contributed by atoms with Gasteiger partial charge in [-0.3, -0.25) is 4.79 Å². The summed E-state index contributed by atoms with van der Waals surface area (Å²) in [6.07, 6.45) is 0.339. The summed E-state index contributed by atoms with van der Waals surface area (Å²) in [6, 6.07) is 9.28. The second kappa shape index (κ2) is 9.34. The first-order chi connectivity index (χ1) is 15.6. The summed E-state index contributed by atoms with van der Waals surface area (Å²) in [5.41, 5.74) is 1.48. The number of carbonyl (C=O) groups is 1. The van der Waals surface area contributed by atoms with Crippen molar-refractivity contribution in [3.05, 3.63) is 41.4 Å². The highest BCUT2D eigenvalue weighted by Crippen LogP contribution is 2.30. The first-order valence-electron chi connectivity index (χ1n) is 10.3. The number of methoxy groups -OCH3 is 1. The number of rotatable bonds is 8. The summed E-state index contributed by atoms with van der Waals surface area (Å²) < 4.78 is 35.7. The Bertz CT molecular complexity index is 1430. The summed E-state index contributed by atoms with van der Waals surface area (Å²) >= 11 is 2.73. The highest BCUT2D eigenvalue weighted by molar-refractivity contribution is 7.89. The van der Waals surface area contributed by atoms with Gasteiger partial charge in [0.2, 0.25) is 15.9 Å². The molecule has 1 unspecified atom stereocenters. The molecule has 8 nitrogen and oxygen atoms in total. The number of carbonyl (C=O) groups excluding carboxylic acids is 1. The molecular weight excluding hydrogens is 480 g/mol. The highest BCUT2D eigenvalue weighted by Gasteiger charge is 2.27. The van der Waals surface area contributed by atoms with Gasteiger partial charge in [0, 0.05) is 0 Å². The molecule has 4 aromatic rings. The summed E-state index contributed by atoms with van der Waals surface area (Å²) in [6.45, 7) is 5.74. The van der Waals surface area contributed by atoms with Gasteiger partial charge in [-0.1, -0.05) is 25.2 Å². The molecule has 0 spiro atoms. The number of nitrogens with one attached hydrogen (secondary N) is 2. The van der Waals surface area contributed by atoms with Crippen molar-refractivity contribution in [1.29, 1.82) is 0 Å². The molecule has 2 N–H and O–H groups in total. The topological polar surface area (TPSA) is 110 Å². The van der Waals surface area contributed by atoms with Gasteiger partial charge in [-0.15, -0.1) is 11.3 Å². The van der Waals surface area contributed by atoms with Gasteiger partial charge in [0.1, 0.15) is 11.8 Å². The highest BCUT2D eigenvalue weighted by atomic mass is 32.2. The predicted octanol–water partition coefficient (Wildman–Crippen LogP) is 4.55. The summed E-state index contributed by atoms with van der Waals surface area (Å²) in [7, 11) is -2.34. The number of hydrogen-bond donors (Lipinski definition) is 2. The van der Waals surface area contributed by atoms with Crippen LogP contribution >= 0.6 is 22.7 Å². The number of nitrogens with zero attached hydrogens (tertiary/aromatic N) is 2. The van der Waals surface area contributed by atoms with Gasteiger partial charge < -0.3 is 10.1 Å². The zero-order valence-electron chi connectivity index (χ0n) is 18.6. The van der Waals surface area contributed by atoms with E-state index in [-0.39, 0.29) is 10.8 Å². The van der Waals surface area contributed by atoms with E-state index in [0.29, 0.717) is 17.3 Å². The van der Waals surface area contributed by atoms with Gasteiger partial charge in [0.15, 0.2) is 5.13 Å². The van der Waals surface area contributed by atoms with Crippen LogP contribution in [0.3, 0.4) is 0 Å². The SMILES string of the molecule is COc1ccc2nc(NC(=O)C(CC(C)C)NS(=O)(=O)c3ccc4nc(C)sc4c3)sc2c1. The fourth-order valence-electron chi connectivity index (χ4n) is 3.40. The minimum atomic E-state index is -3.92. The molecule has 0 radical (unpaired) electrons.